The molecule has 0 aliphatic carbocycles. The third-order valence-corrected chi connectivity index (χ3v) is 3.28. The maximum atomic E-state index is 11.5. The van der Waals surface area contributed by atoms with Crippen LogP contribution in [0.3, 0.4) is 0 Å². The molecule has 96 valence electrons. The number of hydrogen-bond donors (Lipinski definition) is 1. The van der Waals surface area contributed by atoms with Crippen molar-refractivity contribution in [1.82, 2.24) is 5.32 Å². The van der Waals surface area contributed by atoms with Crippen LogP contribution in [-0.4, -0.2) is 24.7 Å². The van der Waals surface area contributed by atoms with Crippen molar-refractivity contribution in [2.75, 3.05) is 6.61 Å². The second kappa shape index (κ2) is 6.77. The Labute approximate surface area is 107 Å². The van der Waals surface area contributed by atoms with Gasteiger partial charge in [-0.15, -0.1) is 11.3 Å². The van der Waals surface area contributed by atoms with E-state index in [1.807, 2.05) is 20.8 Å². The molecule has 4 heteroatoms. The van der Waals surface area contributed by atoms with Crippen LogP contribution in [0.15, 0.2) is 12.1 Å². The van der Waals surface area contributed by atoms with Gasteiger partial charge < -0.3 is 10.1 Å². The summed E-state index contributed by atoms with van der Waals surface area (Å²) in [5.41, 5.74) is 0. The smallest absolute Gasteiger partial charge is 0.246 e. The normalized spacial score (nSPS) is 12.8. The van der Waals surface area contributed by atoms with E-state index in [2.05, 4.69) is 24.4 Å². The molecule has 1 amide bonds. The number of aryl methyl sites for hydroxylation is 1. The highest BCUT2D eigenvalue weighted by atomic mass is 32.1. The molecule has 0 fully saturated rings. The second-order valence-electron chi connectivity index (χ2n) is 4.54. The van der Waals surface area contributed by atoms with Crippen molar-refractivity contribution in [1.29, 1.82) is 0 Å². The van der Waals surface area contributed by atoms with E-state index in [-0.39, 0.29) is 24.7 Å². The van der Waals surface area contributed by atoms with Crippen LogP contribution < -0.4 is 5.32 Å². The molecule has 3 nitrogen and oxygen atoms in total. The Morgan fingerprint density at radius 1 is 1.41 bits per heavy atom. The van der Waals surface area contributed by atoms with Gasteiger partial charge in [-0.05, 0) is 39.8 Å². The van der Waals surface area contributed by atoms with Crippen LogP contribution in [0.5, 0.6) is 0 Å². The van der Waals surface area contributed by atoms with Crippen LogP contribution in [0.2, 0.25) is 0 Å². The molecule has 1 unspecified atom stereocenters. The van der Waals surface area contributed by atoms with Crippen LogP contribution in [0.1, 0.15) is 30.5 Å². The van der Waals surface area contributed by atoms with E-state index in [1.165, 1.54) is 9.75 Å². The number of hydrogen-bond acceptors (Lipinski definition) is 3. The number of rotatable bonds is 6. The first-order valence-electron chi connectivity index (χ1n) is 5.93. The molecule has 17 heavy (non-hydrogen) atoms. The lowest BCUT2D eigenvalue weighted by atomic mass is 10.2. The minimum Gasteiger partial charge on any atom is -0.369 e. The summed E-state index contributed by atoms with van der Waals surface area (Å²) in [7, 11) is 0. The highest BCUT2D eigenvalue weighted by Gasteiger charge is 2.09. The summed E-state index contributed by atoms with van der Waals surface area (Å²) in [5, 5.41) is 2.94. The van der Waals surface area contributed by atoms with Gasteiger partial charge in [-0.3, -0.25) is 4.79 Å². The lowest BCUT2D eigenvalue weighted by Crippen LogP contribution is -2.36. The van der Waals surface area contributed by atoms with Gasteiger partial charge in [0.2, 0.25) is 5.91 Å². The van der Waals surface area contributed by atoms with Crippen molar-refractivity contribution >= 4 is 17.2 Å². The van der Waals surface area contributed by atoms with Crippen LogP contribution in [-0.2, 0) is 16.0 Å². The molecule has 0 bridgehead atoms. The first-order valence-corrected chi connectivity index (χ1v) is 6.75. The third-order valence-electron chi connectivity index (χ3n) is 2.26. The van der Waals surface area contributed by atoms with Gasteiger partial charge in [-0.25, -0.2) is 0 Å². The van der Waals surface area contributed by atoms with E-state index >= 15 is 0 Å². The fraction of sp³-hybridized carbons (Fsp3) is 0.615. The number of carbonyl (C=O) groups excluding carboxylic acids is 1. The molecule has 1 atom stereocenters. The fourth-order valence-corrected chi connectivity index (χ4v) is 2.53. The van der Waals surface area contributed by atoms with Crippen molar-refractivity contribution in [3.63, 3.8) is 0 Å². The maximum absolute atomic E-state index is 11.5. The van der Waals surface area contributed by atoms with Crippen molar-refractivity contribution < 1.29 is 9.53 Å². The predicted octanol–water partition coefficient (Wildman–Crippen LogP) is 2.53. The van der Waals surface area contributed by atoms with Crippen molar-refractivity contribution in [3.8, 4) is 0 Å². The summed E-state index contributed by atoms with van der Waals surface area (Å²) in [5.74, 6) is -0.0421. The Balaban J connectivity index is 2.29. The third kappa shape index (κ3) is 5.84. The minimum absolute atomic E-state index is 0.0421. The maximum Gasteiger partial charge on any atom is 0.246 e. The van der Waals surface area contributed by atoms with E-state index in [1.54, 1.807) is 11.3 Å². The van der Waals surface area contributed by atoms with Crippen molar-refractivity contribution in [2.24, 2.45) is 0 Å². The topological polar surface area (TPSA) is 38.3 Å². The minimum atomic E-state index is -0.0421. The zero-order valence-corrected chi connectivity index (χ0v) is 11.8. The Morgan fingerprint density at radius 2 is 2.12 bits per heavy atom. The Morgan fingerprint density at radius 3 is 2.65 bits per heavy atom. The van der Waals surface area contributed by atoms with Crippen molar-refractivity contribution in [2.45, 2.75) is 46.3 Å². The largest absolute Gasteiger partial charge is 0.369 e. The molecule has 0 radical (unpaired) electrons. The molecule has 1 rings (SSSR count). The molecule has 0 aromatic carbocycles. The first kappa shape index (κ1) is 14.2. The van der Waals surface area contributed by atoms with Crippen LogP contribution in [0, 0.1) is 6.92 Å². The van der Waals surface area contributed by atoms with Gasteiger partial charge in [0.15, 0.2) is 0 Å². The highest BCUT2D eigenvalue weighted by molar-refractivity contribution is 7.11. The van der Waals surface area contributed by atoms with E-state index in [0.29, 0.717) is 0 Å². The lowest BCUT2D eigenvalue weighted by molar-refractivity contribution is -0.127. The summed E-state index contributed by atoms with van der Waals surface area (Å²) in [4.78, 5) is 14.1. The zero-order chi connectivity index (χ0) is 12.8. The van der Waals surface area contributed by atoms with Gasteiger partial charge >= 0.3 is 0 Å². The molecule has 0 aliphatic heterocycles. The van der Waals surface area contributed by atoms with E-state index in [4.69, 9.17) is 4.74 Å². The standard InChI is InChI=1S/C13H21NO2S/c1-9(2)16-8-13(15)14-10(3)7-12-6-5-11(4)17-12/h5-6,9-10H,7-8H2,1-4H3,(H,14,15). The molecule has 0 aliphatic rings. The molecule has 1 heterocycles. The highest BCUT2D eigenvalue weighted by Crippen LogP contribution is 2.16. The van der Waals surface area contributed by atoms with Crippen LogP contribution in [0.25, 0.3) is 0 Å². The summed E-state index contributed by atoms with van der Waals surface area (Å²) in [6.45, 7) is 8.10. The predicted molar refractivity (Wildman–Crippen MR) is 71.5 cm³/mol. The van der Waals surface area contributed by atoms with Gasteiger partial charge in [0.1, 0.15) is 6.61 Å². The first-order chi connectivity index (χ1) is 7.97. The molecule has 0 spiro atoms. The summed E-state index contributed by atoms with van der Waals surface area (Å²) in [6, 6.07) is 4.38. The fourth-order valence-electron chi connectivity index (χ4n) is 1.51. The molecule has 1 aromatic heterocycles. The number of thiophene rings is 1. The van der Waals surface area contributed by atoms with Crippen LogP contribution in [0.4, 0.5) is 0 Å². The number of amides is 1. The van der Waals surface area contributed by atoms with E-state index < -0.39 is 0 Å². The lowest BCUT2D eigenvalue weighted by Gasteiger charge is -2.14. The molecule has 1 aromatic rings. The molecular weight excluding hydrogens is 234 g/mol. The Hall–Kier alpha value is -0.870. The van der Waals surface area contributed by atoms with E-state index in [9.17, 15) is 4.79 Å². The van der Waals surface area contributed by atoms with Gasteiger partial charge in [0, 0.05) is 22.2 Å². The summed E-state index contributed by atoms with van der Waals surface area (Å²) in [6.07, 6.45) is 0.974. The molecule has 0 saturated heterocycles. The average Bonchev–Trinajstić information content (AvgIpc) is 2.60. The SMILES string of the molecule is Cc1ccc(CC(C)NC(=O)COC(C)C)s1. The number of nitrogens with one attached hydrogen (secondary N) is 1. The molecule has 0 saturated carbocycles. The zero-order valence-electron chi connectivity index (χ0n) is 10.9. The number of ether oxygens (including phenoxy) is 1. The second-order valence-corrected chi connectivity index (χ2v) is 5.92. The van der Waals surface area contributed by atoms with Gasteiger partial charge in [-0.1, -0.05) is 0 Å². The monoisotopic (exact) mass is 255 g/mol. The van der Waals surface area contributed by atoms with Crippen molar-refractivity contribution in [3.05, 3.63) is 21.9 Å². The van der Waals surface area contributed by atoms with E-state index in [0.717, 1.165) is 6.42 Å². The number of carbonyl (C=O) groups is 1. The molecule has 1 N–H and O–H groups in total. The summed E-state index contributed by atoms with van der Waals surface area (Å²) >= 11 is 1.78. The average molecular weight is 255 g/mol. The Bertz CT molecular complexity index is 360. The Kier molecular flexibility index (Phi) is 5.65. The van der Waals surface area contributed by atoms with Gasteiger partial charge in [-0.2, -0.15) is 0 Å². The quantitative estimate of drug-likeness (QED) is 0.848. The molecular formula is C13H21NO2S. The van der Waals surface area contributed by atoms with Gasteiger partial charge in [0.25, 0.3) is 0 Å². The van der Waals surface area contributed by atoms with Gasteiger partial charge in [0.05, 0.1) is 6.10 Å². The summed E-state index contributed by atoms with van der Waals surface area (Å²) < 4.78 is 5.25. The van der Waals surface area contributed by atoms with Crippen LogP contribution >= 0.6 is 11.3 Å².